The van der Waals surface area contributed by atoms with E-state index >= 15 is 0 Å². The number of Topliss-reactive ketones (excluding diaryl/α,β-unsaturated/α-hetero) is 1. The summed E-state index contributed by atoms with van der Waals surface area (Å²) in [5.74, 6) is 3.29. The number of ketones is 2. The fourth-order valence-corrected chi connectivity index (χ4v) is 7.23. The highest BCUT2D eigenvalue weighted by Gasteiger charge is 2.59. The van der Waals surface area contributed by atoms with Crippen LogP contribution in [0.2, 0.25) is 0 Å². The summed E-state index contributed by atoms with van der Waals surface area (Å²) in [5.41, 5.74) is 1.95. The van der Waals surface area contributed by atoms with E-state index in [0.29, 0.717) is 17.5 Å². The lowest BCUT2D eigenvalue weighted by Gasteiger charge is -2.58. The Hall–Kier alpha value is -0.920. The van der Waals surface area contributed by atoms with E-state index in [0.717, 1.165) is 43.4 Å². The molecule has 0 aromatic rings. The molecule has 4 rings (SSSR count). The van der Waals surface area contributed by atoms with Crippen LogP contribution in [0.3, 0.4) is 0 Å². The predicted octanol–water partition coefficient (Wildman–Crippen LogP) is 5.36. The summed E-state index contributed by atoms with van der Waals surface area (Å²) in [7, 11) is 0. The third-order valence-corrected chi connectivity index (χ3v) is 8.45. The van der Waals surface area contributed by atoms with Crippen LogP contribution in [0.15, 0.2) is 11.6 Å². The molecule has 4 aliphatic rings. The normalized spacial score (nSPS) is 47.0. The molecule has 0 bridgehead atoms. The molecule has 0 aromatic heterocycles. The Labute approximate surface area is 147 Å². The standard InChI is InChI=1S/C21H30O2.CH4/c1-13(22)17-6-7-18-16-5-4-14-12-15(23)8-10-20(14,2)19(16)9-11-21(17,18)3;/h12,16-19H,4-11H2,1-3H3;1H4/t16-,17+,18-,19-,20-,21+;/m0./s1. The predicted molar refractivity (Wildman–Crippen MR) is 97.6 cm³/mol. The van der Waals surface area contributed by atoms with E-state index in [4.69, 9.17) is 0 Å². The highest BCUT2D eigenvalue weighted by atomic mass is 16.1. The lowest BCUT2D eigenvalue weighted by atomic mass is 9.47. The smallest absolute Gasteiger partial charge is 0.155 e. The van der Waals surface area contributed by atoms with Gasteiger partial charge in [0.1, 0.15) is 5.78 Å². The van der Waals surface area contributed by atoms with Crippen molar-refractivity contribution >= 4 is 11.6 Å². The largest absolute Gasteiger partial charge is 0.300 e. The molecule has 0 radical (unpaired) electrons. The summed E-state index contributed by atoms with van der Waals surface area (Å²) in [6.45, 7) is 6.65. The first kappa shape index (κ1) is 17.9. The summed E-state index contributed by atoms with van der Waals surface area (Å²) in [5, 5.41) is 0. The number of carbonyl (C=O) groups is 2. The maximum Gasteiger partial charge on any atom is 0.155 e. The Morgan fingerprint density at radius 3 is 2.50 bits per heavy atom. The first-order chi connectivity index (χ1) is 10.9. The van der Waals surface area contributed by atoms with E-state index in [1.54, 1.807) is 6.92 Å². The van der Waals surface area contributed by atoms with Crippen LogP contribution < -0.4 is 0 Å². The van der Waals surface area contributed by atoms with E-state index in [9.17, 15) is 9.59 Å². The molecule has 0 N–H and O–H groups in total. The zero-order valence-corrected chi connectivity index (χ0v) is 14.9. The summed E-state index contributed by atoms with van der Waals surface area (Å²) in [6, 6.07) is 0. The molecule has 0 aliphatic heterocycles. The molecular weight excluding hydrogens is 296 g/mol. The second-order valence-electron chi connectivity index (χ2n) is 9.25. The molecule has 0 aromatic carbocycles. The molecule has 0 heterocycles. The third-order valence-electron chi connectivity index (χ3n) is 8.45. The average molecular weight is 331 g/mol. The van der Waals surface area contributed by atoms with Gasteiger partial charge in [-0.15, -0.1) is 0 Å². The molecule has 0 amide bonds. The lowest BCUT2D eigenvalue weighted by Crippen LogP contribution is -2.51. The number of hydrogen-bond donors (Lipinski definition) is 0. The number of rotatable bonds is 1. The van der Waals surface area contributed by atoms with Gasteiger partial charge in [0.05, 0.1) is 0 Å². The van der Waals surface area contributed by atoms with Crippen molar-refractivity contribution in [2.24, 2.45) is 34.5 Å². The minimum absolute atomic E-state index is 0. The van der Waals surface area contributed by atoms with Crippen molar-refractivity contribution in [1.82, 2.24) is 0 Å². The maximum absolute atomic E-state index is 12.1. The summed E-state index contributed by atoms with van der Waals surface area (Å²) >= 11 is 0. The highest BCUT2D eigenvalue weighted by Crippen LogP contribution is 2.66. The molecule has 24 heavy (non-hydrogen) atoms. The number of carbonyl (C=O) groups excluding carboxylic acids is 2. The van der Waals surface area contributed by atoms with Crippen molar-refractivity contribution in [1.29, 1.82) is 0 Å². The van der Waals surface area contributed by atoms with Gasteiger partial charge < -0.3 is 0 Å². The topological polar surface area (TPSA) is 34.1 Å². The number of fused-ring (bicyclic) bond motifs is 5. The van der Waals surface area contributed by atoms with E-state index in [2.05, 4.69) is 13.8 Å². The van der Waals surface area contributed by atoms with Gasteiger partial charge in [-0.25, -0.2) is 0 Å². The van der Waals surface area contributed by atoms with Crippen molar-refractivity contribution in [3.05, 3.63) is 11.6 Å². The summed E-state index contributed by atoms with van der Waals surface area (Å²) in [6.07, 6.45) is 10.9. The molecule has 2 heteroatoms. The summed E-state index contributed by atoms with van der Waals surface area (Å²) < 4.78 is 0. The minimum Gasteiger partial charge on any atom is -0.300 e. The third kappa shape index (κ3) is 2.28. The monoisotopic (exact) mass is 330 g/mol. The highest BCUT2D eigenvalue weighted by molar-refractivity contribution is 5.91. The molecule has 2 nitrogen and oxygen atoms in total. The van der Waals surface area contributed by atoms with E-state index in [1.807, 2.05) is 6.08 Å². The molecule has 0 spiro atoms. The SMILES string of the molecule is C.CC(=O)[C@H]1CC[C@H]2[C@@H]3CCC4=CC(=O)CC[C@]4(C)[C@H]3CC[C@]12C. The Morgan fingerprint density at radius 1 is 1.04 bits per heavy atom. The number of hydrogen-bond acceptors (Lipinski definition) is 2. The van der Waals surface area contributed by atoms with Crippen molar-refractivity contribution < 1.29 is 9.59 Å². The van der Waals surface area contributed by atoms with Gasteiger partial charge in [-0.3, -0.25) is 9.59 Å². The van der Waals surface area contributed by atoms with E-state index < -0.39 is 0 Å². The van der Waals surface area contributed by atoms with Gasteiger partial charge in [0.2, 0.25) is 0 Å². The Balaban J connectivity index is 0.00000169. The van der Waals surface area contributed by atoms with Crippen LogP contribution in [0.5, 0.6) is 0 Å². The maximum atomic E-state index is 12.1. The van der Waals surface area contributed by atoms with Gasteiger partial charge in [-0.05, 0) is 86.5 Å². The molecule has 134 valence electrons. The van der Waals surface area contributed by atoms with Crippen LogP contribution >= 0.6 is 0 Å². The average Bonchev–Trinajstić information content (AvgIpc) is 2.85. The van der Waals surface area contributed by atoms with Crippen LogP contribution in [-0.2, 0) is 9.59 Å². The van der Waals surface area contributed by atoms with Crippen LogP contribution in [0.4, 0.5) is 0 Å². The van der Waals surface area contributed by atoms with Gasteiger partial charge in [-0.2, -0.15) is 0 Å². The van der Waals surface area contributed by atoms with Crippen molar-refractivity contribution in [3.63, 3.8) is 0 Å². The van der Waals surface area contributed by atoms with E-state index in [1.165, 1.54) is 31.3 Å². The van der Waals surface area contributed by atoms with Crippen LogP contribution in [0.1, 0.15) is 79.6 Å². The molecule has 6 atom stereocenters. The second-order valence-corrected chi connectivity index (χ2v) is 9.25. The fourth-order valence-electron chi connectivity index (χ4n) is 7.23. The van der Waals surface area contributed by atoms with Crippen LogP contribution in [0.25, 0.3) is 0 Å². The van der Waals surface area contributed by atoms with Crippen molar-refractivity contribution in [2.75, 3.05) is 0 Å². The Morgan fingerprint density at radius 2 is 1.79 bits per heavy atom. The van der Waals surface area contributed by atoms with Crippen molar-refractivity contribution in [3.8, 4) is 0 Å². The summed E-state index contributed by atoms with van der Waals surface area (Å²) in [4.78, 5) is 24.0. The molecule has 3 saturated carbocycles. The Kier molecular flexibility index (Phi) is 4.33. The van der Waals surface area contributed by atoms with Gasteiger partial charge in [0.15, 0.2) is 5.78 Å². The molecule has 0 saturated heterocycles. The van der Waals surface area contributed by atoms with Gasteiger partial charge in [0.25, 0.3) is 0 Å². The van der Waals surface area contributed by atoms with Crippen molar-refractivity contribution in [2.45, 2.75) is 79.6 Å². The van der Waals surface area contributed by atoms with Gasteiger partial charge in [-0.1, -0.05) is 26.8 Å². The Bertz CT molecular complexity index is 589. The first-order valence-corrected chi connectivity index (χ1v) is 9.60. The zero-order chi connectivity index (χ0) is 16.4. The minimum atomic E-state index is 0. The van der Waals surface area contributed by atoms with Crippen LogP contribution in [0, 0.1) is 34.5 Å². The quantitative estimate of drug-likeness (QED) is 0.648. The second kappa shape index (κ2) is 5.81. The first-order valence-electron chi connectivity index (χ1n) is 9.60. The molecular formula is C22H34O2. The van der Waals surface area contributed by atoms with E-state index in [-0.39, 0.29) is 18.3 Å². The fraction of sp³-hybridized carbons (Fsp3) is 0.818. The van der Waals surface area contributed by atoms with Gasteiger partial charge in [0, 0.05) is 12.3 Å². The van der Waals surface area contributed by atoms with Gasteiger partial charge >= 0.3 is 0 Å². The number of allylic oxidation sites excluding steroid dienone is 1. The molecule has 3 fully saturated rings. The zero-order valence-electron chi connectivity index (χ0n) is 14.9. The molecule has 4 aliphatic carbocycles. The lowest BCUT2D eigenvalue weighted by molar-refractivity contribution is -0.128. The van der Waals surface area contributed by atoms with Crippen LogP contribution in [-0.4, -0.2) is 11.6 Å². The molecule has 0 unspecified atom stereocenters.